The number of hydrogen-bond donors (Lipinski definition) is 2. The molecule has 3 aromatic rings. The van der Waals surface area contributed by atoms with Crippen LogP contribution in [0.4, 0.5) is 10.8 Å². The fraction of sp³-hybridized carbons (Fsp3) is 0.111. The number of hydrogen-bond acceptors (Lipinski definition) is 6. The van der Waals surface area contributed by atoms with Gasteiger partial charge >= 0.3 is 0 Å². The number of amides is 2. The molecule has 0 fully saturated rings. The van der Waals surface area contributed by atoms with Crippen LogP contribution < -0.4 is 15.4 Å². The number of pyridine rings is 1. The third-order valence-corrected chi connectivity index (χ3v) is 4.61. The average molecular weight is 366 g/mol. The van der Waals surface area contributed by atoms with Crippen LogP contribution in [0.3, 0.4) is 0 Å². The van der Waals surface area contributed by atoms with E-state index < -0.39 is 6.10 Å². The Morgan fingerprint density at radius 1 is 1.35 bits per heavy atom. The van der Waals surface area contributed by atoms with Gasteiger partial charge in [-0.1, -0.05) is 0 Å². The average Bonchev–Trinajstić information content (AvgIpc) is 3.11. The van der Waals surface area contributed by atoms with E-state index in [1.165, 1.54) is 17.5 Å². The molecule has 1 aromatic carbocycles. The second-order valence-corrected chi connectivity index (χ2v) is 6.55. The van der Waals surface area contributed by atoms with Gasteiger partial charge in [-0.25, -0.2) is 4.98 Å². The second-order valence-electron chi connectivity index (χ2n) is 5.69. The summed E-state index contributed by atoms with van der Waals surface area (Å²) < 4.78 is 5.55. The fourth-order valence-electron chi connectivity index (χ4n) is 2.50. The lowest BCUT2D eigenvalue weighted by molar-refractivity contribution is -0.122. The Labute approximate surface area is 153 Å². The SMILES string of the molecule is C[C@H]1Oc2ccc(-c3csc(NC(=O)c4cccnc4)n3)cc2NC1=O. The number of thiazole rings is 1. The number of carbonyl (C=O) groups is 2. The zero-order valence-corrected chi connectivity index (χ0v) is 14.5. The lowest BCUT2D eigenvalue weighted by Crippen LogP contribution is -2.34. The highest BCUT2D eigenvalue weighted by atomic mass is 32.1. The first-order valence-corrected chi connectivity index (χ1v) is 8.77. The van der Waals surface area contributed by atoms with Crippen molar-refractivity contribution < 1.29 is 14.3 Å². The molecule has 2 aromatic heterocycles. The first kappa shape index (κ1) is 16.2. The van der Waals surface area contributed by atoms with Crippen LogP contribution in [0.15, 0.2) is 48.1 Å². The molecule has 0 spiro atoms. The van der Waals surface area contributed by atoms with E-state index >= 15 is 0 Å². The zero-order chi connectivity index (χ0) is 18.1. The van der Waals surface area contributed by atoms with Crippen LogP contribution in [0, 0.1) is 0 Å². The van der Waals surface area contributed by atoms with Crippen molar-refractivity contribution in [1.29, 1.82) is 0 Å². The van der Waals surface area contributed by atoms with Crippen molar-refractivity contribution >= 4 is 34.0 Å². The largest absolute Gasteiger partial charge is 0.479 e. The lowest BCUT2D eigenvalue weighted by Gasteiger charge is -2.23. The molecule has 26 heavy (non-hydrogen) atoms. The van der Waals surface area contributed by atoms with Gasteiger partial charge in [0.15, 0.2) is 11.2 Å². The van der Waals surface area contributed by atoms with Gasteiger partial charge in [0.1, 0.15) is 5.75 Å². The molecule has 0 unspecified atom stereocenters. The highest BCUT2D eigenvalue weighted by Crippen LogP contribution is 2.34. The normalized spacial score (nSPS) is 15.6. The fourth-order valence-corrected chi connectivity index (χ4v) is 3.21. The van der Waals surface area contributed by atoms with Crippen LogP contribution in [0.2, 0.25) is 0 Å². The number of ether oxygens (including phenoxy) is 1. The van der Waals surface area contributed by atoms with Gasteiger partial charge in [-0.3, -0.25) is 19.9 Å². The molecule has 0 saturated heterocycles. The molecule has 0 saturated carbocycles. The molecular formula is C18H14N4O3S. The molecule has 1 atom stereocenters. The number of benzene rings is 1. The number of anilines is 2. The Balaban J connectivity index is 1.54. The van der Waals surface area contributed by atoms with Gasteiger partial charge in [-0.05, 0) is 37.3 Å². The van der Waals surface area contributed by atoms with Crippen LogP contribution in [-0.2, 0) is 4.79 Å². The zero-order valence-electron chi connectivity index (χ0n) is 13.7. The summed E-state index contributed by atoms with van der Waals surface area (Å²) in [5.41, 5.74) is 2.60. The van der Waals surface area contributed by atoms with Crippen molar-refractivity contribution in [3.63, 3.8) is 0 Å². The van der Waals surface area contributed by atoms with E-state index in [1.807, 2.05) is 11.4 Å². The van der Waals surface area contributed by atoms with E-state index in [4.69, 9.17) is 4.74 Å². The van der Waals surface area contributed by atoms with Crippen molar-refractivity contribution in [3.8, 4) is 17.0 Å². The summed E-state index contributed by atoms with van der Waals surface area (Å²) in [6, 6.07) is 8.86. The molecule has 2 N–H and O–H groups in total. The summed E-state index contributed by atoms with van der Waals surface area (Å²) in [4.78, 5) is 32.3. The van der Waals surface area contributed by atoms with E-state index in [0.717, 1.165) is 5.56 Å². The van der Waals surface area contributed by atoms with Crippen molar-refractivity contribution in [2.24, 2.45) is 0 Å². The monoisotopic (exact) mass is 366 g/mol. The number of carbonyl (C=O) groups excluding carboxylic acids is 2. The maximum Gasteiger partial charge on any atom is 0.265 e. The van der Waals surface area contributed by atoms with E-state index in [1.54, 1.807) is 37.4 Å². The number of rotatable bonds is 3. The molecule has 130 valence electrons. The minimum Gasteiger partial charge on any atom is -0.479 e. The third kappa shape index (κ3) is 3.14. The minimum absolute atomic E-state index is 0.183. The molecular weight excluding hydrogens is 352 g/mol. The molecule has 0 aliphatic carbocycles. The highest BCUT2D eigenvalue weighted by Gasteiger charge is 2.24. The van der Waals surface area contributed by atoms with Gasteiger partial charge in [-0.15, -0.1) is 11.3 Å². The van der Waals surface area contributed by atoms with Crippen molar-refractivity contribution in [2.75, 3.05) is 10.6 Å². The minimum atomic E-state index is -0.512. The molecule has 2 amide bonds. The second kappa shape index (κ2) is 6.57. The summed E-state index contributed by atoms with van der Waals surface area (Å²) >= 11 is 1.32. The summed E-state index contributed by atoms with van der Waals surface area (Å²) in [6.07, 6.45) is 2.59. The molecule has 0 bridgehead atoms. The summed E-state index contributed by atoms with van der Waals surface area (Å²) in [6.45, 7) is 1.70. The Morgan fingerprint density at radius 3 is 3.04 bits per heavy atom. The van der Waals surface area contributed by atoms with Gasteiger partial charge in [0.2, 0.25) is 0 Å². The summed E-state index contributed by atoms with van der Waals surface area (Å²) in [5.74, 6) is 0.178. The maximum atomic E-state index is 12.2. The van der Waals surface area contributed by atoms with Gasteiger partial charge in [-0.2, -0.15) is 0 Å². The van der Waals surface area contributed by atoms with Crippen LogP contribution in [0.5, 0.6) is 5.75 Å². The molecule has 8 heteroatoms. The summed E-state index contributed by atoms with van der Waals surface area (Å²) in [5, 5.41) is 7.90. The van der Waals surface area contributed by atoms with Crippen LogP contribution in [0.25, 0.3) is 11.3 Å². The Kier molecular flexibility index (Phi) is 4.10. The summed E-state index contributed by atoms with van der Waals surface area (Å²) in [7, 11) is 0. The first-order chi connectivity index (χ1) is 12.6. The van der Waals surface area contributed by atoms with E-state index in [-0.39, 0.29) is 11.8 Å². The van der Waals surface area contributed by atoms with Crippen molar-refractivity contribution in [3.05, 3.63) is 53.7 Å². The van der Waals surface area contributed by atoms with E-state index in [0.29, 0.717) is 27.8 Å². The smallest absolute Gasteiger partial charge is 0.265 e. The number of nitrogens with one attached hydrogen (secondary N) is 2. The standard InChI is InChI=1S/C18H14N4O3S/c1-10-16(23)20-13-7-11(4-5-15(13)25-10)14-9-26-18(21-14)22-17(24)12-3-2-6-19-8-12/h2-10H,1H3,(H,20,23)(H,21,22,24)/t10-/m1/s1. The molecule has 7 nitrogen and oxygen atoms in total. The van der Waals surface area contributed by atoms with Crippen LogP contribution >= 0.6 is 11.3 Å². The Morgan fingerprint density at radius 2 is 2.23 bits per heavy atom. The Bertz CT molecular complexity index is 987. The molecule has 4 rings (SSSR count). The third-order valence-electron chi connectivity index (χ3n) is 3.85. The number of fused-ring (bicyclic) bond motifs is 1. The predicted molar refractivity (Wildman–Crippen MR) is 98.5 cm³/mol. The molecule has 1 aliphatic heterocycles. The van der Waals surface area contributed by atoms with Crippen molar-refractivity contribution in [2.45, 2.75) is 13.0 Å². The van der Waals surface area contributed by atoms with Crippen LogP contribution in [-0.4, -0.2) is 27.9 Å². The van der Waals surface area contributed by atoms with E-state index in [2.05, 4.69) is 20.6 Å². The van der Waals surface area contributed by atoms with Gasteiger partial charge in [0.05, 0.1) is 16.9 Å². The molecule has 0 radical (unpaired) electrons. The van der Waals surface area contributed by atoms with E-state index in [9.17, 15) is 9.59 Å². The topological polar surface area (TPSA) is 93.2 Å². The molecule has 1 aliphatic rings. The molecule has 3 heterocycles. The first-order valence-electron chi connectivity index (χ1n) is 7.89. The quantitative estimate of drug-likeness (QED) is 0.743. The van der Waals surface area contributed by atoms with Crippen molar-refractivity contribution in [1.82, 2.24) is 9.97 Å². The van der Waals surface area contributed by atoms with Gasteiger partial charge in [0, 0.05) is 23.3 Å². The van der Waals surface area contributed by atoms with Crippen LogP contribution in [0.1, 0.15) is 17.3 Å². The lowest BCUT2D eigenvalue weighted by atomic mass is 10.1. The maximum absolute atomic E-state index is 12.2. The van der Waals surface area contributed by atoms with Gasteiger partial charge in [0.25, 0.3) is 11.8 Å². The Hall–Kier alpha value is -3.26. The van der Waals surface area contributed by atoms with Gasteiger partial charge < -0.3 is 10.1 Å². The number of aromatic nitrogens is 2. The predicted octanol–water partition coefficient (Wildman–Crippen LogP) is 3.18. The number of nitrogens with zero attached hydrogens (tertiary/aromatic N) is 2. The highest BCUT2D eigenvalue weighted by molar-refractivity contribution is 7.14.